The van der Waals surface area contributed by atoms with Crippen LogP contribution in [-0.4, -0.2) is 43.3 Å². The Kier molecular flexibility index (Phi) is 9.17. The minimum absolute atomic E-state index is 0.103. The molecule has 0 atom stereocenters. The van der Waals surface area contributed by atoms with Crippen LogP contribution in [0.2, 0.25) is 0 Å². The lowest BCUT2D eigenvalue weighted by Gasteiger charge is -2.12. The fourth-order valence-corrected chi connectivity index (χ4v) is 2.03. The molecule has 0 saturated carbocycles. The Morgan fingerprint density at radius 3 is 2.55 bits per heavy atom. The van der Waals surface area contributed by atoms with Crippen molar-refractivity contribution in [3.05, 3.63) is 24.3 Å². The summed E-state index contributed by atoms with van der Waals surface area (Å²) in [6.07, 6.45) is 3.07. The zero-order chi connectivity index (χ0) is 16.2. The highest BCUT2D eigenvalue weighted by Crippen LogP contribution is 2.16. The number of hydrogen-bond donors (Lipinski definition) is 3. The third-order valence-electron chi connectivity index (χ3n) is 2.56. The van der Waals surface area contributed by atoms with Crippen molar-refractivity contribution in [2.24, 2.45) is 0 Å². The Labute approximate surface area is 140 Å². The summed E-state index contributed by atoms with van der Waals surface area (Å²) in [5, 5.41) is 3.38. The molecule has 0 bridgehead atoms. The van der Waals surface area contributed by atoms with Crippen LogP contribution in [0.25, 0.3) is 0 Å². The lowest BCUT2D eigenvalue weighted by atomic mass is 10.3. The second-order valence-electron chi connectivity index (χ2n) is 4.24. The Morgan fingerprint density at radius 1 is 1.23 bits per heavy atom. The Morgan fingerprint density at radius 2 is 1.91 bits per heavy atom. The number of thioether (sulfide) groups is 1. The van der Waals surface area contributed by atoms with Crippen molar-refractivity contribution in [1.29, 1.82) is 0 Å². The molecule has 0 aliphatic carbocycles. The summed E-state index contributed by atoms with van der Waals surface area (Å²) < 4.78 is 10.4. The molecule has 8 heteroatoms. The zero-order valence-corrected chi connectivity index (χ0v) is 14.3. The van der Waals surface area contributed by atoms with Crippen LogP contribution in [0.3, 0.4) is 0 Å². The van der Waals surface area contributed by atoms with Gasteiger partial charge in [0, 0.05) is 6.54 Å². The first-order valence-corrected chi connectivity index (χ1v) is 8.54. The molecule has 122 valence electrons. The van der Waals surface area contributed by atoms with Gasteiger partial charge < -0.3 is 14.8 Å². The van der Waals surface area contributed by atoms with Crippen molar-refractivity contribution in [3.63, 3.8) is 0 Å². The number of rotatable bonds is 8. The number of benzene rings is 1. The van der Waals surface area contributed by atoms with Crippen LogP contribution in [0.5, 0.6) is 11.5 Å². The van der Waals surface area contributed by atoms with Gasteiger partial charge in [0.2, 0.25) is 0 Å². The number of hydrogen-bond acceptors (Lipinski definition) is 5. The number of carbonyl (C=O) groups is 1. The third kappa shape index (κ3) is 7.94. The van der Waals surface area contributed by atoms with E-state index in [4.69, 9.17) is 21.7 Å². The molecule has 0 aliphatic heterocycles. The summed E-state index contributed by atoms with van der Waals surface area (Å²) in [6.45, 7) is 0.666. The van der Waals surface area contributed by atoms with Gasteiger partial charge in [-0.1, -0.05) is 0 Å². The summed E-state index contributed by atoms with van der Waals surface area (Å²) in [7, 11) is 1.59. The number of carbonyl (C=O) groups excluding carboxylic acids is 1. The van der Waals surface area contributed by atoms with Gasteiger partial charge in [0.05, 0.1) is 7.11 Å². The predicted octanol–water partition coefficient (Wildman–Crippen LogP) is 1.32. The first-order valence-electron chi connectivity index (χ1n) is 6.74. The lowest BCUT2D eigenvalue weighted by molar-refractivity contribution is -0.123. The van der Waals surface area contributed by atoms with Gasteiger partial charge in [-0.05, 0) is 54.9 Å². The van der Waals surface area contributed by atoms with Crippen molar-refractivity contribution >= 4 is 35.0 Å². The molecule has 1 aromatic rings. The molecule has 1 amide bonds. The first-order chi connectivity index (χ1) is 10.7. The van der Waals surface area contributed by atoms with Gasteiger partial charge in [0.15, 0.2) is 11.7 Å². The molecule has 22 heavy (non-hydrogen) atoms. The third-order valence-corrected chi connectivity index (χ3v) is 3.50. The average Bonchev–Trinajstić information content (AvgIpc) is 2.55. The van der Waals surface area contributed by atoms with E-state index in [1.165, 1.54) is 0 Å². The molecule has 0 saturated heterocycles. The highest BCUT2D eigenvalue weighted by molar-refractivity contribution is 7.98. The highest BCUT2D eigenvalue weighted by Gasteiger charge is 2.03. The van der Waals surface area contributed by atoms with Crippen LogP contribution in [0, 0.1) is 0 Å². The second kappa shape index (κ2) is 11.0. The number of amides is 1. The molecule has 0 spiro atoms. The van der Waals surface area contributed by atoms with Crippen LogP contribution < -0.4 is 25.6 Å². The van der Waals surface area contributed by atoms with Crippen LogP contribution in [0.1, 0.15) is 6.42 Å². The molecule has 3 N–H and O–H groups in total. The molecule has 0 fully saturated rings. The number of nitrogens with one attached hydrogen (secondary N) is 3. The monoisotopic (exact) mass is 343 g/mol. The van der Waals surface area contributed by atoms with Crippen molar-refractivity contribution < 1.29 is 14.3 Å². The standard InChI is InChI=1S/C14H21N3O3S2/c1-19-11-4-6-12(7-5-11)20-10-13(18)16-17-14(21)15-8-3-9-22-2/h4-7H,3,8-10H2,1-2H3,(H,16,18)(H2,15,17,21). The number of methoxy groups -OCH3 is 1. The fraction of sp³-hybridized carbons (Fsp3) is 0.429. The normalized spacial score (nSPS) is 9.73. The van der Waals surface area contributed by atoms with E-state index in [0.29, 0.717) is 10.9 Å². The van der Waals surface area contributed by atoms with Crippen LogP contribution in [0.15, 0.2) is 24.3 Å². The summed E-state index contributed by atoms with van der Waals surface area (Å²) >= 11 is 6.81. The van der Waals surface area contributed by atoms with E-state index in [9.17, 15) is 4.79 Å². The van der Waals surface area contributed by atoms with E-state index in [1.54, 1.807) is 43.1 Å². The van der Waals surface area contributed by atoms with E-state index >= 15 is 0 Å². The summed E-state index contributed by atoms with van der Waals surface area (Å²) in [6, 6.07) is 6.99. The maximum atomic E-state index is 11.6. The van der Waals surface area contributed by atoms with Gasteiger partial charge in [0.25, 0.3) is 5.91 Å². The molecule has 0 aliphatic rings. The van der Waals surface area contributed by atoms with E-state index in [1.807, 2.05) is 0 Å². The van der Waals surface area contributed by atoms with Crippen LogP contribution in [0.4, 0.5) is 0 Å². The van der Waals surface area contributed by atoms with Crippen LogP contribution >= 0.6 is 24.0 Å². The molecule has 0 radical (unpaired) electrons. The topological polar surface area (TPSA) is 71.6 Å². The SMILES string of the molecule is COc1ccc(OCC(=O)NNC(=S)NCCCSC)cc1. The van der Waals surface area contributed by atoms with Crippen LogP contribution in [-0.2, 0) is 4.79 Å². The lowest BCUT2D eigenvalue weighted by Crippen LogP contribution is -2.48. The van der Waals surface area contributed by atoms with Crippen molar-refractivity contribution in [3.8, 4) is 11.5 Å². The quantitative estimate of drug-likeness (QED) is 0.373. The van der Waals surface area contributed by atoms with E-state index in [2.05, 4.69) is 22.4 Å². The minimum Gasteiger partial charge on any atom is -0.497 e. The average molecular weight is 343 g/mol. The highest BCUT2D eigenvalue weighted by atomic mass is 32.2. The molecule has 1 aromatic carbocycles. The van der Waals surface area contributed by atoms with Crippen molar-refractivity contribution in [2.75, 3.05) is 32.3 Å². The summed E-state index contributed by atoms with van der Waals surface area (Å²) in [5.74, 6) is 2.08. The van der Waals surface area contributed by atoms with Gasteiger partial charge in [-0.15, -0.1) is 0 Å². The molecule has 0 unspecified atom stereocenters. The second-order valence-corrected chi connectivity index (χ2v) is 5.63. The molecule has 0 aromatic heterocycles. The Bertz CT molecular complexity index is 469. The van der Waals surface area contributed by atoms with E-state index < -0.39 is 0 Å². The molecule has 6 nitrogen and oxygen atoms in total. The number of thiocarbonyl (C=S) groups is 1. The van der Waals surface area contributed by atoms with E-state index in [0.717, 1.165) is 24.5 Å². The summed E-state index contributed by atoms with van der Waals surface area (Å²) in [5.41, 5.74) is 5.10. The molecule has 0 heterocycles. The Hall–Kier alpha value is -1.67. The molecule has 1 rings (SSSR count). The van der Waals surface area contributed by atoms with Gasteiger partial charge in [-0.3, -0.25) is 15.6 Å². The van der Waals surface area contributed by atoms with Crippen molar-refractivity contribution in [2.45, 2.75) is 6.42 Å². The van der Waals surface area contributed by atoms with Gasteiger partial charge >= 0.3 is 0 Å². The Balaban J connectivity index is 2.16. The van der Waals surface area contributed by atoms with Gasteiger partial charge in [-0.25, -0.2) is 0 Å². The van der Waals surface area contributed by atoms with Crippen molar-refractivity contribution in [1.82, 2.24) is 16.2 Å². The van der Waals surface area contributed by atoms with Gasteiger partial charge in [-0.2, -0.15) is 11.8 Å². The minimum atomic E-state index is -0.316. The first kappa shape index (κ1) is 18.4. The fourth-order valence-electron chi connectivity index (χ4n) is 1.45. The maximum Gasteiger partial charge on any atom is 0.276 e. The number of hydrazine groups is 1. The molecular weight excluding hydrogens is 322 g/mol. The number of ether oxygens (including phenoxy) is 2. The zero-order valence-electron chi connectivity index (χ0n) is 12.7. The maximum absolute atomic E-state index is 11.6. The molecular formula is C14H21N3O3S2. The van der Waals surface area contributed by atoms with Gasteiger partial charge in [0.1, 0.15) is 11.5 Å². The predicted molar refractivity (Wildman–Crippen MR) is 93.4 cm³/mol. The smallest absolute Gasteiger partial charge is 0.276 e. The summed E-state index contributed by atoms with van der Waals surface area (Å²) in [4.78, 5) is 11.6. The largest absolute Gasteiger partial charge is 0.497 e. The van der Waals surface area contributed by atoms with E-state index in [-0.39, 0.29) is 12.5 Å².